The molecule has 2 aromatic rings. The fraction of sp³-hybridized carbons (Fsp3) is 0.278. The van der Waals surface area contributed by atoms with Crippen molar-refractivity contribution in [3.8, 4) is 0 Å². The molecule has 2 N–H and O–H groups in total. The Balaban J connectivity index is 2.09. The minimum absolute atomic E-state index is 0.00188. The second-order valence-corrected chi connectivity index (χ2v) is 6.43. The summed E-state index contributed by atoms with van der Waals surface area (Å²) in [5, 5.41) is 1.90. The van der Waals surface area contributed by atoms with Crippen LogP contribution in [0.4, 0.5) is 18.9 Å². The quantitative estimate of drug-likeness (QED) is 0.561. The van der Waals surface area contributed by atoms with Gasteiger partial charge in [0.25, 0.3) is 5.91 Å². The Morgan fingerprint density at radius 1 is 1.21 bits per heavy atom. The normalized spacial score (nSPS) is 11.2. The van der Waals surface area contributed by atoms with Crippen LogP contribution < -0.4 is 5.32 Å². The van der Waals surface area contributed by atoms with E-state index >= 15 is 0 Å². The van der Waals surface area contributed by atoms with Crippen molar-refractivity contribution < 1.29 is 32.3 Å². The molecule has 1 aromatic carbocycles. The largest absolute Gasteiger partial charge is 0.451 e. The maximum absolute atomic E-state index is 13.0. The minimum Gasteiger partial charge on any atom is -0.451 e. The molecule has 0 radical (unpaired) electrons. The predicted octanol–water partition coefficient (Wildman–Crippen LogP) is 4.30. The molecule has 28 heavy (non-hydrogen) atoms. The number of carbonyl (C=O) groups is 3. The summed E-state index contributed by atoms with van der Waals surface area (Å²) < 4.78 is 44.0. The van der Waals surface area contributed by atoms with Crippen molar-refractivity contribution in [2.24, 2.45) is 0 Å². The molecule has 0 fully saturated rings. The van der Waals surface area contributed by atoms with Crippen LogP contribution in [0.5, 0.6) is 0 Å². The van der Waals surface area contributed by atoms with E-state index in [0.29, 0.717) is 22.9 Å². The van der Waals surface area contributed by atoms with Crippen LogP contribution in [-0.4, -0.2) is 29.3 Å². The van der Waals surface area contributed by atoms with Gasteiger partial charge in [-0.3, -0.25) is 9.59 Å². The van der Waals surface area contributed by atoms with Gasteiger partial charge < -0.3 is 15.0 Å². The number of benzene rings is 1. The van der Waals surface area contributed by atoms with Crippen LogP contribution in [0, 0.1) is 13.8 Å². The molecule has 0 spiro atoms. The molecule has 0 saturated heterocycles. The maximum Gasteiger partial charge on any atom is 0.418 e. The van der Waals surface area contributed by atoms with Gasteiger partial charge in [0, 0.05) is 16.3 Å². The van der Waals surface area contributed by atoms with Gasteiger partial charge in [0.15, 0.2) is 12.4 Å². The Bertz CT molecular complexity index is 951. The molecular formula is C18H16ClF3N2O4. The third-order valence-electron chi connectivity index (χ3n) is 3.89. The molecule has 0 unspecified atom stereocenters. The van der Waals surface area contributed by atoms with Gasteiger partial charge in [-0.15, -0.1) is 0 Å². The number of aromatic amines is 1. The lowest BCUT2D eigenvalue weighted by molar-refractivity contribution is -0.137. The molecule has 150 valence electrons. The summed E-state index contributed by atoms with van der Waals surface area (Å²) in [6, 6.07) is 2.87. The first kappa shape index (κ1) is 21.5. The van der Waals surface area contributed by atoms with Gasteiger partial charge in [-0.2, -0.15) is 13.2 Å². The van der Waals surface area contributed by atoms with Crippen LogP contribution in [0.2, 0.25) is 5.02 Å². The number of H-pyrrole nitrogens is 1. The van der Waals surface area contributed by atoms with Crippen molar-refractivity contribution in [3.63, 3.8) is 0 Å². The SMILES string of the molecule is CC(=O)c1c(C)[nH]c(C(=O)OCC(=O)Nc2ccc(Cl)cc2C(F)(F)F)c1C. The number of aromatic nitrogens is 1. The summed E-state index contributed by atoms with van der Waals surface area (Å²) in [4.78, 5) is 38.4. The molecule has 1 amide bonds. The van der Waals surface area contributed by atoms with Gasteiger partial charge in [0.05, 0.1) is 11.3 Å². The first-order chi connectivity index (χ1) is 12.9. The number of anilines is 1. The van der Waals surface area contributed by atoms with Crippen LogP contribution >= 0.6 is 11.6 Å². The van der Waals surface area contributed by atoms with E-state index < -0.39 is 35.9 Å². The third-order valence-corrected chi connectivity index (χ3v) is 4.12. The number of halogens is 4. The van der Waals surface area contributed by atoms with Gasteiger partial charge in [0.2, 0.25) is 0 Å². The molecule has 0 aliphatic heterocycles. The van der Waals surface area contributed by atoms with Gasteiger partial charge in [0.1, 0.15) is 5.69 Å². The first-order valence-electron chi connectivity index (χ1n) is 7.95. The summed E-state index contributed by atoms with van der Waals surface area (Å²) in [6.07, 6.45) is -4.73. The van der Waals surface area contributed by atoms with E-state index in [2.05, 4.69) is 4.98 Å². The van der Waals surface area contributed by atoms with Crippen molar-refractivity contribution in [3.05, 3.63) is 51.3 Å². The molecule has 0 saturated carbocycles. The Labute approximate surface area is 163 Å². The van der Waals surface area contributed by atoms with Gasteiger partial charge in [-0.25, -0.2) is 4.79 Å². The van der Waals surface area contributed by atoms with Crippen LogP contribution in [0.25, 0.3) is 0 Å². The fourth-order valence-corrected chi connectivity index (χ4v) is 2.90. The Morgan fingerprint density at radius 2 is 1.86 bits per heavy atom. The molecule has 1 heterocycles. The summed E-state index contributed by atoms with van der Waals surface area (Å²) in [6.45, 7) is 3.67. The van der Waals surface area contributed by atoms with E-state index in [4.69, 9.17) is 16.3 Å². The van der Waals surface area contributed by atoms with E-state index in [9.17, 15) is 27.6 Å². The molecule has 10 heteroatoms. The Hall–Kier alpha value is -2.81. The molecule has 0 aliphatic rings. The van der Waals surface area contributed by atoms with E-state index in [-0.39, 0.29) is 16.5 Å². The Kier molecular flexibility index (Phi) is 6.18. The molecular weight excluding hydrogens is 401 g/mol. The number of hydrogen-bond donors (Lipinski definition) is 2. The zero-order valence-corrected chi connectivity index (χ0v) is 15.8. The smallest absolute Gasteiger partial charge is 0.418 e. The lowest BCUT2D eigenvalue weighted by atomic mass is 10.1. The van der Waals surface area contributed by atoms with E-state index in [1.54, 1.807) is 13.8 Å². The average Bonchev–Trinajstić information content (AvgIpc) is 2.88. The lowest BCUT2D eigenvalue weighted by Crippen LogP contribution is -2.23. The topological polar surface area (TPSA) is 88.3 Å². The zero-order chi connectivity index (χ0) is 21.2. The Morgan fingerprint density at radius 3 is 2.39 bits per heavy atom. The van der Waals surface area contributed by atoms with Crippen molar-refractivity contribution >= 4 is 34.9 Å². The summed E-state index contributed by atoms with van der Waals surface area (Å²) in [5.41, 5.74) is -0.458. The van der Waals surface area contributed by atoms with Crippen molar-refractivity contribution in [1.29, 1.82) is 0 Å². The number of amides is 1. The number of aryl methyl sites for hydroxylation is 1. The molecule has 0 atom stereocenters. The van der Waals surface area contributed by atoms with Gasteiger partial charge >= 0.3 is 12.1 Å². The number of esters is 1. The highest BCUT2D eigenvalue weighted by Crippen LogP contribution is 2.36. The van der Waals surface area contributed by atoms with Crippen LogP contribution in [0.1, 0.15) is 44.6 Å². The minimum atomic E-state index is -4.73. The zero-order valence-electron chi connectivity index (χ0n) is 15.1. The van der Waals surface area contributed by atoms with Crippen molar-refractivity contribution in [2.45, 2.75) is 26.9 Å². The van der Waals surface area contributed by atoms with E-state index in [1.165, 1.54) is 13.0 Å². The second kappa shape index (κ2) is 8.05. The predicted molar refractivity (Wildman–Crippen MR) is 95.6 cm³/mol. The van der Waals surface area contributed by atoms with Gasteiger partial charge in [-0.05, 0) is 44.5 Å². The third kappa shape index (κ3) is 4.72. The van der Waals surface area contributed by atoms with Crippen LogP contribution in [-0.2, 0) is 15.7 Å². The molecule has 6 nitrogen and oxygen atoms in total. The highest BCUT2D eigenvalue weighted by atomic mass is 35.5. The molecule has 1 aromatic heterocycles. The maximum atomic E-state index is 13.0. The van der Waals surface area contributed by atoms with Crippen molar-refractivity contribution in [1.82, 2.24) is 4.98 Å². The average molecular weight is 417 g/mol. The summed E-state index contributed by atoms with van der Waals surface area (Å²) in [7, 11) is 0. The second-order valence-electron chi connectivity index (χ2n) is 5.99. The number of carbonyl (C=O) groups excluding carboxylic acids is 3. The number of ketones is 1. The van der Waals surface area contributed by atoms with Crippen LogP contribution in [0.3, 0.4) is 0 Å². The summed E-state index contributed by atoms with van der Waals surface area (Å²) >= 11 is 5.57. The number of Topliss-reactive ketones (excluding diaryl/α,β-unsaturated/α-hetero) is 1. The number of rotatable bonds is 5. The number of alkyl halides is 3. The fourth-order valence-electron chi connectivity index (χ4n) is 2.73. The van der Waals surface area contributed by atoms with E-state index in [1.807, 2.05) is 5.32 Å². The number of nitrogens with one attached hydrogen (secondary N) is 2. The van der Waals surface area contributed by atoms with Crippen molar-refractivity contribution in [2.75, 3.05) is 11.9 Å². The number of hydrogen-bond acceptors (Lipinski definition) is 4. The van der Waals surface area contributed by atoms with Gasteiger partial charge in [-0.1, -0.05) is 11.6 Å². The highest BCUT2D eigenvalue weighted by molar-refractivity contribution is 6.30. The highest BCUT2D eigenvalue weighted by Gasteiger charge is 2.34. The van der Waals surface area contributed by atoms with E-state index in [0.717, 1.165) is 6.07 Å². The monoisotopic (exact) mass is 416 g/mol. The standard InChI is InChI=1S/C18H16ClF3N2O4/c1-8-15(10(3)25)9(2)23-16(8)17(27)28-7-14(26)24-13-5-4-11(19)6-12(13)18(20,21)22/h4-6,23H,7H2,1-3H3,(H,24,26). The molecule has 2 rings (SSSR count). The molecule has 0 bridgehead atoms. The lowest BCUT2D eigenvalue weighted by Gasteiger charge is -2.14. The molecule has 0 aliphatic carbocycles. The first-order valence-corrected chi connectivity index (χ1v) is 8.33. The number of ether oxygens (including phenoxy) is 1. The summed E-state index contributed by atoms with van der Waals surface area (Å²) in [5.74, 6) is -2.12. The van der Waals surface area contributed by atoms with Crippen LogP contribution in [0.15, 0.2) is 18.2 Å².